The zero-order valence-electron chi connectivity index (χ0n) is 10.9. The van der Waals surface area contributed by atoms with Crippen LogP contribution in [-0.4, -0.2) is 25.5 Å². The normalized spacial score (nSPS) is 14.9. The van der Waals surface area contributed by atoms with E-state index in [2.05, 4.69) is 32.6 Å². The van der Waals surface area contributed by atoms with E-state index in [1.807, 2.05) is 24.3 Å². The molecule has 19 heavy (non-hydrogen) atoms. The number of rotatable bonds is 5. The molecule has 0 radical (unpaired) electrons. The molecule has 1 aliphatic heterocycles. The zero-order chi connectivity index (χ0) is 13.5. The van der Waals surface area contributed by atoms with Crippen LogP contribution in [0.4, 0.5) is 0 Å². The number of amides is 1. The summed E-state index contributed by atoms with van der Waals surface area (Å²) >= 11 is 3.50. The highest BCUT2D eigenvalue weighted by molar-refractivity contribution is 9.10. The summed E-state index contributed by atoms with van der Waals surface area (Å²) in [5, 5.41) is 6.25. The van der Waals surface area contributed by atoms with Gasteiger partial charge in [0.05, 0.1) is 0 Å². The van der Waals surface area contributed by atoms with E-state index in [1.54, 1.807) is 0 Å². The fourth-order valence-electron chi connectivity index (χ4n) is 2.08. The van der Waals surface area contributed by atoms with Crippen LogP contribution < -0.4 is 10.6 Å². The van der Waals surface area contributed by atoms with Gasteiger partial charge in [-0.05, 0) is 31.0 Å². The Hall–Kier alpha value is -1.13. The molecule has 1 heterocycles. The van der Waals surface area contributed by atoms with Crippen LogP contribution in [0.2, 0.25) is 0 Å². The molecule has 0 atom stereocenters. The molecule has 0 spiro atoms. The van der Waals surface area contributed by atoms with Gasteiger partial charge in [0.15, 0.2) is 0 Å². The Kier molecular flexibility index (Phi) is 5.61. The molecule has 2 rings (SSSR count). The van der Waals surface area contributed by atoms with E-state index in [0.29, 0.717) is 13.0 Å². The van der Waals surface area contributed by atoms with E-state index in [4.69, 9.17) is 0 Å². The van der Waals surface area contributed by atoms with E-state index >= 15 is 0 Å². The van der Waals surface area contributed by atoms with Crippen molar-refractivity contribution in [2.75, 3.05) is 19.6 Å². The van der Waals surface area contributed by atoms with E-state index in [9.17, 15) is 4.79 Å². The number of benzene rings is 1. The predicted octanol–water partition coefficient (Wildman–Crippen LogP) is 2.42. The molecule has 2 N–H and O–H groups in total. The third-order valence-corrected chi connectivity index (χ3v) is 4.02. The lowest BCUT2D eigenvalue weighted by Crippen LogP contribution is -2.29. The summed E-state index contributed by atoms with van der Waals surface area (Å²) in [4.78, 5) is 11.8. The van der Waals surface area contributed by atoms with Gasteiger partial charge >= 0.3 is 0 Å². The minimum atomic E-state index is 0.121. The van der Waals surface area contributed by atoms with Crippen molar-refractivity contribution in [2.24, 2.45) is 0 Å². The first kappa shape index (κ1) is 14.3. The second kappa shape index (κ2) is 7.46. The molecule has 0 saturated carbocycles. The lowest BCUT2D eigenvalue weighted by atomic mass is 10.1. The first-order valence-electron chi connectivity index (χ1n) is 6.64. The van der Waals surface area contributed by atoms with Crippen LogP contribution in [0.3, 0.4) is 0 Å². The van der Waals surface area contributed by atoms with Crippen molar-refractivity contribution in [3.8, 4) is 0 Å². The van der Waals surface area contributed by atoms with E-state index in [1.165, 1.54) is 11.1 Å². The van der Waals surface area contributed by atoms with Crippen molar-refractivity contribution < 1.29 is 4.79 Å². The van der Waals surface area contributed by atoms with Crippen LogP contribution in [0.15, 0.2) is 40.4 Å². The Labute approximate surface area is 122 Å². The Morgan fingerprint density at radius 2 is 2.21 bits per heavy atom. The zero-order valence-corrected chi connectivity index (χ0v) is 12.5. The molecule has 0 saturated heterocycles. The maximum absolute atomic E-state index is 11.8. The Bertz CT molecular complexity index is 471. The summed E-state index contributed by atoms with van der Waals surface area (Å²) in [6.45, 7) is 2.62. The van der Waals surface area contributed by atoms with Crippen LogP contribution in [-0.2, 0) is 11.2 Å². The van der Waals surface area contributed by atoms with Crippen molar-refractivity contribution in [1.29, 1.82) is 0 Å². The van der Waals surface area contributed by atoms with E-state index in [-0.39, 0.29) is 5.91 Å². The molecule has 0 fully saturated rings. The minimum Gasteiger partial charge on any atom is -0.352 e. The fourth-order valence-corrected chi connectivity index (χ4v) is 2.56. The number of hydrogen-bond acceptors (Lipinski definition) is 2. The molecule has 3 nitrogen and oxygen atoms in total. The lowest BCUT2D eigenvalue weighted by Gasteiger charge is -2.14. The third kappa shape index (κ3) is 4.80. The smallest absolute Gasteiger partial charge is 0.220 e. The number of carbonyl (C=O) groups is 1. The quantitative estimate of drug-likeness (QED) is 0.817. The number of aryl methyl sites for hydroxylation is 1. The van der Waals surface area contributed by atoms with Crippen molar-refractivity contribution in [1.82, 2.24) is 10.6 Å². The first-order chi connectivity index (χ1) is 9.25. The highest BCUT2D eigenvalue weighted by atomic mass is 79.9. The molecule has 0 bridgehead atoms. The Morgan fingerprint density at radius 3 is 2.95 bits per heavy atom. The monoisotopic (exact) mass is 322 g/mol. The van der Waals surface area contributed by atoms with Gasteiger partial charge in [0.2, 0.25) is 5.91 Å². The molecule has 1 amide bonds. The number of halogens is 1. The van der Waals surface area contributed by atoms with Crippen molar-refractivity contribution >= 4 is 21.8 Å². The summed E-state index contributed by atoms with van der Waals surface area (Å²) in [5.41, 5.74) is 2.51. The van der Waals surface area contributed by atoms with Crippen molar-refractivity contribution in [3.05, 3.63) is 46.0 Å². The maximum atomic E-state index is 11.8. The van der Waals surface area contributed by atoms with Crippen LogP contribution >= 0.6 is 15.9 Å². The molecule has 0 aliphatic carbocycles. The molecule has 1 aromatic rings. The van der Waals surface area contributed by atoms with Gasteiger partial charge in [0.25, 0.3) is 0 Å². The van der Waals surface area contributed by atoms with Gasteiger partial charge in [-0.1, -0.05) is 45.8 Å². The van der Waals surface area contributed by atoms with Crippen molar-refractivity contribution in [3.63, 3.8) is 0 Å². The van der Waals surface area contributed by atoms with Gasteiger partial charge in [0, 0.05) is 24.0 Å². The van der Waals surface area contributed by atoms with Crippen LogP contribution in [0.1, 0.15) is 18.4 Å². The summed E-state index contributed by atoms with van der Waals surface area (Å²) in [6, 6.07) is 8.04. The van der Waals surface area contributed by atoms with Gasteiger partial charge in [-0.2, -0.15) is 0 Å². The summed E-state index contributed by atoms with van der Waals surface area (Å²) < 4.78 is 1.07. The fraction of sp³-hybridized carbons (Fsp3) is 0.400. The topological polar surface area (TPSA) is 41.1 Å². The van der Waals surface area contributed by atoms with Gasteiger partial charge < -0.3 is 10.6 Å². The molecule has 4 heteroatoms. The van der Waals surface area contributed by atoms with Gasteiger partial charge in [0.1, 0.15) is 0 Å². The van der Waals surface area contributed by atoms with Crippen LogP contribution in [0.25, 0.3) is 0 Å². The minimum absolute atomic E-state index is 0.121. The van der Waals surface area contributed by atoms with Crippen LogP contribution in [0.5, 0.6) is 0 Å². The average Bonchev–Trinajstić information content (AvgIpc) is 2.45. The Morgan fingerprint density at radius 1 is 1.37 bits per heavy atom. The predicted molar refractivity (Wildman–Crippen MR) is 81.0 cm³/mol. The molecule has 102 valence electrons. The number of hydrogen-bond donors (Lipinski definition) is 2. The van der Waals surface area contributed by atoms with Crippen molar-refractivity contribution in [2.45, 2.75) is 19.3 Å². The highest BCUT2D eigenvalue weighted by Crippen LogP contribution is 2.17. The molecular formula is C15H19BrN2O. The maximum Gasteiger partial charge on any atom is 0.220 e. The number of carbonyl (C=O) groups excluding carboxylic acids is 1. The summed E-state index contributed by atoms with van der Waals surface area (Å²) in [7, 11) is 0. The first-order valence-corrected chi connectivity index (χ1v) is 7.44. The lowest BCUT2D eigenvalue weighted by molar-refractivity contribution is -0.120. The van der Waals surface area contributed by atoms with Gasteiger partial charge in [-0.25, -0.2) is 0 Å². The standard InChI is InChI=1S/C15H19BrN2O/c16-14-4-2-1-3-13(14)5-6-15(19)18-11-12-7-9-17-10-8-12/h1-4,7,17H,5-6,8-11H2,(H,18,19). The molecule has 1 aromatic carbocycles. The third-order valence-electron chi connectivity index (χ3n) is 3.25. The molecule has 1 aliphatic rings. The second-order valence-corrected chi connectivity index (χ2v) is 5.54. The SMILES string of the molecule is O=C(CCc1ccccc1Br)NCC1=CCNCC1. The van der Waals surface area contributed by atoms with E-state index < -0.39 is 0 Å². The molecular weight excluding hydrogens is 304 g/mol. The second-order valence-electron chi connectivity index (χ2n) is 4.68. The summed E-state index contributed by atoms with van der Waals surface area (Å²) in [6.07, 6.45) is 4.50. The Balaban J connectivity index is 1.73. The summed E-state index contributed by atoms with van der Waals surface area (Å²) in [5.74, 6) is 0.121. The van der Waals surface area contributed by atoms with E-state index in [0.717, 1.165) is 30.4 Å². The molecule has 0 aromatic heterocycles. The van der Waals surface area contributed by atoms with Gasteiger partial charge in [-0.15, -0.1) is 0 Å². The molecule has 0 unspecified atom stereocenters. The highest BCUT2D eigenvalue weighted by Gasteiger charge is 2.07. The average molecular weight is 323 g/mol. The number of nitrogens with one attached hydrogen (secondary N) is 2. The van der Waals surface area contributed by atoms with Crippen LogP contribution in [0, 0.1) is 0 Å². The van der Waals surface area contributed by atoms with Gasteiger partial charge in [-0.3, -0.25) is 4.79 Å². The largest absolute Gasteiger partial charge is 0.352 e.